The normalized spacial score (nSPS) is 10.1. The third kappa shape index (κ3) is 3.14. The molecule has 0 saturated heterocycles. The van der Waals surface area contributed by atoms with Gasteiger partial charge in [0.05, 0.1) is 0 Å². The maximum Gasteiger partial charge on any atom is 0.255 e. The number of aromatic hydroxyl groups is 2. The van der Waals surface area contributed by atoms with Crippen molar-refractivity contribution in [2.24, 2.45) is 0 Å². The molecule has 0 aromatic heterocycles. The third-order valence-corrected chi connectivity index (χ3v) is 2.71. The summed E-state index contributed by atoms with van der Waals surface area (Å²) in [6, 6.07) is 10.1. The molecule has 0 radical (unpaired) electrons. The summed E-state index contributed by atoms with van der Waals surface area (Å²) in [5.41, 5.74) is 1.21. The number of hydrogen-bond acceptors (Lipinski definition) is 4. The molecule has 0 aliphatic rings. The van der Waals surface area contributed by atoms with Crippen molar-refractivity contribution >= 4 is 17.4 Å². The number of hydrogen-bond donors (Lipinski definition) is 3. The molecule has 0 aliphatic heterocycles. The lowest BCUT2D eigenvalue weighted by molar-refractivity contribution is 0.101. The van der Waals surface area contributed by atoms with Gasteiger partial charge in [-0.05, 0) is 43.3 Å². The van der Waals surface area contributed by atoms with Crippen molar-refractivity contribution in [1.29, 1.82) is 0 Å². The van der Waals surface area contributed by atoms with Crippen molar-refractivity contribution in [2.45, 2.75) is 6.92 Å². The monoisotopic (exact) mass is 271 g/mol. The number of Topliss-reactive ketones (excluding diaryl/α,β-unsaturated/α-hetero) is 1. The average Bonchev–Trinajstić information content (AvgIpc) is 2.38. The van der Waals surface area contributed by atoms with E-state index in [-0.39, 0.29) is 22.8 Å². The maximum absolute atomic E-state index is 11.9. The standard InChI is InChI=1S/C15H13NO4/c1-9(17)10-2-4-12(5-3-10)16-15(20)11-6-13(18)8-14(19)7-11/h2-8,18-19H,1H3,(H,16,20). The van der Waals surface area contributed by atoms with Crippen molar-refractivity contribution in [3.8, 4) is 11.5 Å². The van der Waals surface area contributed by atoms with Crippen molar-refractivity contribution in [3.63, 3.8) is 0 Å². The number of carbonyl (C=O) groups excluding carboxylic acids is 2. The number of amides is 1. The number of phenolic OH excluding ortho intramolecular Hbond substituents is 2. The largest absolute Gasteiger partial charge is 0.508 e. The van der Waals surface area contributed by atoms with E-state index < -0.39 is 5.91 Å². The van der Waals surface area contributed by atoms with Crippen LogP contribution in [0.15, 0.2) is 42.5 Å². The molecule has 0 atom stereocenters. The van der Waals surface area contributed by atoms with Gasteiger partial charge in [0.2, 0.25) is 0 Å². The first kappa shape index (κ1) is 13.6. The topological polar surface area (TPSA) is 86.6 Å². The number of ketones is 1. The molecule has 0 saturated carbocycles. The fourth-order valence-corrected chi connectivity index (χ4v) is 1.72. The molecule has 0 spiro atoms. The van der Waals surface area contributed by atoms with Gasteiger partial charge >= 0.3 is 0 Å². The van der Waals surface area contributed by atoms with Crippen LogP contribution >= 0.6 is 0 Å². The Kier molecular flexibility index (Phi) is 3.70. The lowest BCUT2D eigenvalue weighted by Gasteiger charge is -2.06. The van der Waals surface area contributed by atoms with Crippen molar-refractivity contribution in [2.75, 3.05) is 5.32 Å². The molecule has 102 valence electrons. The Morgan fingerprint density at radius 3 is 1.95 bits per heavy atom. The Morgan fingerprint density at radius 2 is 1.45 bits per heavy atom. The van der Waals surface area contributed by atoms with E-state index in [2.05, 4.69) is 5.32 Å². The molecule has 5 nitrogen and oxygen atoms in total. The van der Waals surface area contributed by atoms with E-state index in [0.29, 0.717) is 11.3 Å². The fraction of sp³-hybridized carbons (Fsp3) is 0.0667. The highest BCUT2D eigenvalue weighted by Crippen LogP contribution is 2.21. The van der Waals surface area contributed by atoms with Gasteiger partial charge in [-0.15, -0.1) is 0 Å². The fourth-order valence-electron chi connectivity index (χ4n) is 1.72. The van der Waals surface area contributed by atoms with E-state index >= 15 is 0 Å². The number of benzene rings is 2. The number of phenols is 2. The second-order valence-corrected chi connectivity index (χ2v) is 4.33. The SMILES string of the molecule is CC(=O)c1ccc(NC(=O)c2cc(O)cc(O)c2)cc1. The average molecular weight is 271 g/mol. The van der Waals surface area contributed by atoms with Gasteiger partial charge in [-0.1, -0.05) is 0 Å². The lowest BCUT2D eigenvalue weighted by Crippen LogP contribution is -2.11. The lowest BCUT2D eigenvalue weighted by atomic mass is 10.1. The molecule has 0 aliphatic carbocycles. The van der Waals surface area contributed by atoms with Gasteiger partial charge in [0.1, 0.15) is 11.5 Å². The molecular weight excluding hydrogens is 258 g/mol. The van der Waals surface area contributed by atoms with Crippen molar-refractivity contribution in [1.82, 2.24) is 0 Å². The second-order valence-electron chi connectivity index (χ2n) is 4.33. The number of carbonyl (C=O) groups is 2. The summed E-state index contributed by atoms with van der Waals surface area (Å²) in [4.78, 5) is 23.1. The molecule has 2 aromatic rings. The zero-order valence-corrected chi connectivity index (χ0v) is 10.8. The molecule has 0 heterocycles. The van der Waals surface area contributed by atoms with Crippen LogP contribution in [0.1, 0.15) is 27.6 Å². The van der Waals surface area contributed by atoms with Gasteiger partial charge in [0, 0.05) is 22.9 Å². The quantitative estimate of drug-likeness (QED) is 0.749. The minimum absolute atomic E-state index is 0.0548. The summed E-state index contributed by atoms with van der Waals surface area (Å²) < 4.78 is 0. The van der Waals surface area contributed by atoms with E-state index in [1.54, 1.807) is 24.3 Å². The number of anilines is 1. The van der Waals surface area contributed by atoms with E-state index in [1.165, 1.54) is 19.1 Å². The first-order chi connectivity index (χ1) is 9.45. The van der Waals surface area contributed by atoms with Gasteiger partial charge in [-0.2, -0.15) is 0 Å². The van der Waals surface area contributed by atoms with Crippen LogP contribution in [0, 0.1) is 0 Å². The van der Waals surface area contributed by atoms with Crippen LogP contribution in [-0.2, 0) is 0 Å². The van der Waals surface area contributed by atoms with Gasteiger partial charge < -0.3 is 15.5 Å². The van der Waals surface area contributed by atoms with Gasteiger partial charge in [-0.3, -0.25) is 9.59 Å². The van der Waals surface area contributed by atoms with E-state index in [0.717, 1.165) is 6.07 Å². The first-order valence-corrected chi connectivity index (χ1v) is 5.91. The summed E-state index contributed by atoms with van der Waals surface area (Å²) in [6.07, 6.45) is 0. The van der Waals surface area contributed by atoms with Gasteiger partial charge in [0.15, 0.2) is 5.78 Å². The van der Waals surface area contributed by atoms with Crippen LogP contribution in [0.4, 0.5) is 5.69 Å². The Balaban J connectivity index is 2.16. The molecule has 0 unspecified atom stereocenters. The summed E-state index contributed by atoms with van der Waals surface area (Å²) in [7, 11) is 0. The van der Waals surface area contributed by atoms with Crippen LogP contribution in [-0.4, -0.2) is 21.9 Å². The van der Waals surface area contributed by atoms with Crippen LogP contribution < -0.4 is 5.32 Å². The van der Waals surface area contributed by atoms with E-state index in [1.807, 2.05) is 0 Å². The Hall–Kier alpha value is -2.82. The second kappa shape index (κ2) is 5.44. The molecule has 1 amide bonds. The maximum atomic E-state index is 11.9. The minimum atomic E-state index is -0.466. The summed E-state index contributed by atoms with van der Waals surface area (Å²) >= 11 is 0. The molecule has 2 aromatic carbocycles. The summed E-state index contributed by atoms with van der Waals surface area (Å²) in [5.74, 6) is -0.906. The Morgan fingerprint density at radius 1 is 0.900 bits per heavy atom. The molecule has 3 N–H and O–H groups in total. The molecular formula is C15H13NO4. The van der Waals surface area contributed by atoms with Crippen LogP contribution in [0.5, 0.6) is 11.5 Å². The van der Waals surface area contributed by atoms with Gasteiger partial charge in [-0.25, -0.2) is 0 Å². The number of rotatable bonds is 3. The summed E-state index contributed by atoms with van der Waals surface area (Å²) in [5, 5.41) is 21.3. The van der Waals surface area contributed by atoms with E-state index in [4.69, 9.17) is 0 Å². The Labute approximate surface area is 115 Å². The number of nitrogens with one attached hydrogen (secondary N) is 1. The predicted octanol–water partition coefficient (Wildman–Crippen LogP) is 2.55. The zero-order valence-electron chi connectivity index (χ0n) is 10.8. The van der Waals surface area contributed by atoms with Crippen LogP contribution in [0.25, 0.3) is 0 Å². The first-order valence-electron chi connectivity index (χ1n) is 5.91. The molecule has 0 bridgehead atoms. The highest BCUT2D eigenvalue weighted by molar-refractivity contribution is 6.05. The molecule has 20 heavy (non-hydrogen) atoms. The van der Waals surface area contributed by atoms with Gasteiger partial charge in [0.25, 0.3) is 5.91 Å². The summed E-state index contributed by atoms with van der Waals surface area (Å²) in [6.45, 7) is 1.46. The third-order valence-electron chi connectivity index (χ3n) is 2.71. The highest BCUT2D eigenvalue weighted by atomic mass is 16.3. The smallest absolute Gasteiger partial charge is 0.255 e. The highest BCUT2D eigenvalue weighted by Gasteiger charge is 2.09. The van der Waals surface area contributed by atoms with Crippen LogP contribution in [0.3, 0.4) is 0 Å². The molecule has 2 rings (SSSR count). The van der Waals surface area contributed by atoms with Crippen LogP contribution in [0.2, 0.25) is 0 Å². The molecule has 0 fully saturated rings. The predicted molar refractivity (Wildman–Crippen MR) is 74.2 cm³/mol. The van der Waals surface area contributed by atoms with Crippen molar-refractivity contribution in [3.05, 3.63) is 53.6 Å². The minimum Gasteiger partial charge on any atom is -0.508 e. The zero-order chi connectivity index (χ0) is 14.7. The van der Waals surface area contributed by atoms with Crippen molar-refractivity contribution < 1.29 is 19.8 Å². The Bertz CT molecular complexity index is 642. The molecule has 5 heteroatoms. The van der Waals surface area contributed by atoms with E-state index in [9.17, 15) is 19.8 Å².